The molecule has 2 fully saturated rings. The molecule has 0 aliphatic carbocycles. The lowest BCUT2D eigenvalue weighted by Gasteiger charge is -2.37. The Labute approximate surface area is 147 Å². The van der Waals surface area contributed by atoms with Gasteiger partial charge in [0, 0.05) is 50.4 Å². The van der Waals surface area contributed by atoms with Crippen molar-refractivity contribution in [2.24, 2.45) is 0 Å². The molecule has 0 spiro atoms. The van der Waals surface area contributed by atoms with Gasteiger partial charge in [0.1, 0.15) is 5.82 Å². The number of benzene rings is 1. The van der Waals surface area contributed by atoms with Crippen LogP contribution in [-0.4, -0.2) is 66.5 Å². The van der Waals surface area contributed by atoms with Gasteiger partial charge in [-0.1, -0.05) is 0 Å². The number of halogens is 1. The molecule has 2 saturated heterocycles. The highest BCUT2D eigenvalue weighted by Gasteiger charge is 2.30. The summed E-state index contributed by atoms with van der Waals surface area (Å²) in [6.45, 7) is 6.13. The fourth-order valence-electron chi connectivity index (χ4n) is 3.59. The number of rotatable bonds is 5. The van der Waals surface area contributed by atoms with Gasteiger partial charge in [-0.3, -0.25) is 4.79 Å². The summed E-state index contributed by atoms with van der Waals surface area (Å²) in [5.41, 5.74) is 0.465. The molecular formula is C18H25FN4O2. The lowest BCUT2D eigenvalue weighted by atomic mass is 10.0. The highest BCUT2D eigenvalue weighted by molar-refractivity contribution is 5.94. The maximum absolute atomic E-state index is 12.9. The van der Waals surface area contributed by atoms with E-state index in [1.165, 1.54) is 24.3 Å². The van der Waals surface area contributed by atoms with Crippen molar-refractivity contribution in [3.63, 3.8) is 0 Å². The number of carbonyl (C=O) groups is 2. The van der Waals surface area contributed by atoms with Crippen LogP contribution in [0.1, 0.15) is 30.1 Å². The second-order valence-corrected chi connectivity index (χ2v) is 6.84. The summed E-state index contributed by atoms with van der Waals surface area (Å²) in [5.74, 6) is -0.532. The van der Waals surface area contributed by atoms with E-state index in [1.54, 1.807) is 0 Å². The van der Waals surface area contributed by atoms with Gasteiger partial charge in [0.25, 0.3) is 5.91 Å². The molecule has 7 heteroatoms. The monoisotopic (exact) mass is 348 g/mol. The number of urea groups is 1. The van der Waals surface area contributed by atoms with E-state index in [1.807, 2.05) is 11.8 Å². The zero-order chi connectivity index (χ0) is 17.8. The maximum atomic E-state index is 12.9. The molecule has 25 heavy (non-hydrogen) atoms. The Balaban J connectivity index is 1.43. The number of likely N-dealkylation sites (tertiary alicyclic amines) is 1. The number of carbonyl (C=O) groups excluding carboxylic acids is 2. The quantitative estimate of drug-likeness (QED) is 0.846. The van der Waals surface area contributed by atoms with Crippen molar-refractivity contribution in [1.29, 1.82) is 0 Å². The largest absolute Gasteiger partial charge is 0.348 e. The second-order valence-electron chi connectivity index (χ2n) is 6.84. The first kappa shape index (κ1) is 17.7. The Morgan fingerprint density at radius 3 is 2.56 bits per heavy atom. The van der Waals surface area contributed by atoms with Gasteiger partial charge in [0.05, 0.1) is 0 Å². The predicted molar refractivity (Wildman–Crippen MR) is 92.9 cm³/mol. The SMILES string of the molecule is C[C@@H](CN1CCC(N2CCNC2=O)CC1)NC(=O)c1ccc(F)cc1. The molecule has 6 nitrogen and oxygen atoms in total. The summed E-state index contributed by atoms with van der Waals surface area (Å²) in [6, 6.07) is 5.94. The normalized spacial score (nSPS) is 20.4. The van der Waals surface area contributed by atoms with Crippen LogP contribution >= 0.6 is 0 Å². The second kappa shape index (κ2) is 7.82. The molecule has 1 aromatic rings. The van der Waals surface area contributed by atoms with Gasteiger partial charge in [-0.25, -0.2) is 9.18 Å². The molecule has 0 unspecified atom stereocenters. The Hall–Kier alpha value is -2.15. The lowest BCUT2D eigenvalue weighted by Crippen LogP contribution is -2.49. The predicted octanol–water partition coefficient (Wildman–Crippen LogP) is 1.43. The molecule has 0 radical (unpaired) electrons. The third-order valence-electron chi connectivity index (χ3n) is 4.90. The molecule has 2 aliphatic heterocycles. The van der Waals surface area contributed by atoms with E-state index < -0.39 is 0 Å². The van der Waals surface area contributed by atoms with Gasteiger partial charge >= 0.3 is 6.03 Å². The van der Waals surface area contributed by atoms with Crippen LogP contribution in [0.15, 0.2) is 24.3 Å². The van der Waals surface area contributed by atoms with Crippen molar-refractivity contribution in [1.82, 2.24) is 20.4 Å². The van der Waals surface area contributed by atoms with E-state index in [4.69, 9.17) is 0 Å². The molecule has 0 aromatic heterocycles. The molecule has 3 amide bonds. The van der Waals surface area contributed by atoms with Crippen molar-refractivity contribution in [2.75, 3.05) is 32.7 Å². The van der Waals surface area contributed by atoms with E-state index >= 15 is 0 Å². The van der Waals surface area contributed by atoms with Crippen molar-refractivity contribution in [2.45, 2.75) is 31.8 Å². The van der Waals surface area contributed by atoms with Crippen LogP contribution in [0.5, 0.6) is 0 Å². The van der Waals surface area contributed by atoms with E-state index in [-0.39, 0.29) is 23.8 Å². The van der Waals surface area contributed by atoms with Gasteiger partial charge in [-0.15, -0.1) is 0 Å². The standard InChI is InChI=1S/C18H25FN4O2/c1-13(21-17(24)14-2-4-15(19)5-3-14)12-22-9-6-16(7-10-22)23-11-8-20-18(23)25/h2-5,13,16H,6-12H2,1H3,(H,20,25)(H,21,24)/t13-/m0/s1. The summed E-state index contributed by atoms with van der Waals surface area (Å²) in [7, 11) is 0. The van der Waals surface area contributed by atoms with E-state index in [9.17, 15) is 14.0 Å². The van der Waals surface area contributed by atoms with Gasteiger partial charge in [-0.05, 0) is 44.0 Å². The van der Waals surface area contributed by atoms with Crippen LogP contribution in [0, 0.1) is 5.82 Å². The summed E-state index contributed by atoms with van der Waals surface area (Å²) >= 11 is 0. The summed E-state index contributed by atoms with van der Waals surface area (Å²) < 4.78 is 12.9. The maximum Gasteiger partial charge on any atom is 0.317 e. The highest BCUT2D eigenvalue weighted by Crippen LogP contribution is 2.18. The van der Waals surface area contributed by atoms with E-state index in [0.29, 0.717) is 11.6 Å². The minimum Gasteiger partial charge on any atom is -0.348 e. The smallest absolute Gasteiger partial charge is 0.317 e. The summed E-state index contributed by atoms with van der Waals surface area (Å²) in [6.07, 6.45) is 1.93. The third-order valence-corrected chi connectivity index (χ3v) is 4.90. The Morgan fingerprint density at radius 1 is 1.28 bits per heavy atom. The van der Waals surface area contributed by atoms with Crippen LogP contribution in [0.3, 0.4) is 0 Å². The molecule has 0 bridgehead atoms. The van der Waals surface area contributed by atoms with E-state index in [2.05, 4.69) is 15.5 Å². The van der Waals surface area contributed by atoms with Crippen LogP contribution in [0.25, 0.3) is 0 Å². The molecule has 0 saturated carbocycles. The minimum atomic E-state index is -0.348. The summed E-state index contributed by atoms with van der Waals surface area (Å²) in [4.78, 5) is 28.2. The highest BCUT2D eigenvalue weighted by atomic mass is 19.1. The Morgan fingerprint density at radius 2 is 1.96 bits per heavy atom. The van der Waals surface area contributed by atoms with Crippen molar-refractivity contribution >= 4 is 11.9 Å². The number of hydrogen-bond donors (Lipinski definition) is 2. The fraction of sp³-hybridized carbons (Fsp3) is 0.556. The molecule has 1 atom stereocenters. The molecule has 2 aliphatic rings. The van der Waals surface area contributed by atoms with Crippen LogP contribution < -0.4 is 10.6 Å². The number of hydrogen-bond acceptors (Lipinski definition) is 3. The molecule has 3 rings (SSSR count). The van der Waals surface area contributed by atoms with Gasteiger partial charge < -0.3 is 20.4 Å². The zero-order valence-electron chi connectivity index (χ0n) is 14.5. The van der Waals surface area contributed by atoms with Gasteiger partial charge in [0.15, 0.2) is 0 Å². The lowest BCUT2D eigenvalue weighted by molar-refractivity contribution is 0.0911. The Kier molecular flexibility index (Phi) is 5.53. The first-order valence-electron chi connectivity index (χ1n) is 8.86. The average molecular weight is 348 g/mol. The Bertz CT molecular complexity index is 614. The number of nitrogens with one attached hydrogen (secondary N) is 2. The molecule has 2 heterocycles. The minimum absolute atomic E-state index is 0.00388. The van der Waals surface area contributed by atoms with Crippen LogP contribution in [0.2, 0.25) is 0 Å². The van der Waals surface area contributed by atoms with Crippen molar-refractivity contribution < 1.29 is 14.0 Å². The zero-order valence-corrected chi connectivity index (χ0v) is 14.5. The van der Waals surface area contributed by atoms with Gasteiger partial charge in [-0.2, -0.15) is 0 Å². The topological polar surface area (TPSA) is 64.7 Å². The molecule has 1 aromatic carbocycles. The van der Waals surface area contributed by atoms with Crippen LogP contribution in [-0.2, 0) is 0 Å². The van der Waals surface area contributed by atoms with E-state index in [0.717, 1.165) is 45.6 Å². The number of nitrogens with zero attached hydrogens (tertiary/aromatic N) is 2. The molecule has 136 valence electrons. The van der Waals surface area contributed by atoms with Gasteiger partial charge in [0.2, 0.25) is 0 Å². The average Bonchev–Trinajstić information content (AvgIpc) is 3.02. The third kappa shape index (κ3) is 4.48. The molecular weight excluding hydrogens is 323 g/mol. The first-order chi connectivity index (χ1) is 12.0. The fourth-order valence-corrected chi connectivity index (χ4v) is 3.59. The first-order valence-corrected chi connectivity index (χ1v) is 8.86. The van der Waals surface area contributed by atoms with Crippen molar-refractivity contribution in [3.05, 3.63) is 35.6 Å². The van der Waals surface area contributed by atoms with Crippen LogP contribution in [0.4, 0.5) is 9.18 Å². The number of amides is 3. The summed E-state index contributed by atoms with van der Waals surface area (Å²) in [5, 5.41) is 5.81. The van der Waals surface area contributed by atoms with Crippen molar-refractivity contribution in [3.8, 4) is 0 Å². The number of piperidine rings is 1. The molecule has 2 N–H and O–H groups in total.